The van der Waals surface area contributed by atoms with Gasteiger partial charge in [0.1, 0.15) is 5.69 Å². The molecular formula is C21H18N4O4. The molecule has 2 amide bonds. The average Bonchev–Trinajstić information content (AvgIpc) is 3.16. The quantitative estimate of drug-likeness (QED) is 0.613. The van der Waals surface area contributed by atoms with Crippen LogP contribution in [0.1, 0.15) is 17.4 Å². The van der Waals surface area contributed by atoms with Crippen LogP contribution >= 0.6 is 0 Å². The van der Waals surface area contributed by atoms with Crippen molar-refractivity contribution in [2.45, 2.75) is 6.92 Å². The van der Waals surface area contributed by atoms with E-state index >= 15 is 0 Å². The number of nitrogens with one attached hydrogen (secondary N) is 3. The van der Waals surface area contributed by atoms with Crippen molar-refractivity contribution in [1.29, 1.82) is 0 Å². The van der Waals surface area contributed by atoms with E-state index in [1.54, 1.807) is 42.6 Å². The Morgan fingerprint density at radius 2 is 1.62 bits per heavy atom. The molecule has 2 heterocycles. The van der Waals surface area contributed by atoms with Crippen molar-refractivity contribution in [1.82, 2.24) is 4.98 Å². The van der Waals surface area contributed by atoms with Crippen molar-refractivity contribution >= 4 is 34.6 Å². The highest BCUT2D eigenvalue weighted by Gasteiger charge is 2.13. The molecule has 0 spiro atoms. The summed E-state index contributed by atoms with van der Waals surface area (Å²) in [6.07, 6.45) is 1.58. The summed E-state index contributed by atoms with van der Waals surface area (Å²) in [4.78, 5) is 27.8. The van der Waals surface area contributed by atoms with Crippen LogP contribution < -0.4 is 25.4 Å². The number of hydrogen-bond acceptors (Lipinski definition) is 6. The van der Waals surface area contributed by atoms with Crippen molar-refractivity contribution in [3.8, 4) is 11.5 Å². The number of ether oxygens (including phenoxy) is 2. The first kappa shape index (κ1) is 18.3. The van der Waals surface area contributed by atoms with Gasteiger partial charge in [0, 0.05) is 30.1 Å². The first-order valence-electron chi connectivity index (χ1n) is 8.88. The second-order valence-corrected chi connectivity index (χ2v) is 6.34. The Hall–Kier alpha value is -4.07. The molecule has 2 aromatic carbocycles. The summed E-state index contributed by atoms with van der Waals surface area (Å²) in [5, 5.41) is 8.64. The maximum atomic E-state index is 12.4. The van der Waals surface area contributed by atoms with Gasteiger partial charge < -0.3 is 25.4 Å². The van der Waals surface area contributed by atoms with Crippen molar-refractivity contribution in [3.63, 3.8) is 0 Å². The van der Waals surface area contributed by atoms with Crippen molar-refractivity contribution in [2.75, 3.05) is 22.7 Å². The fourth-order valence-corrected chi connectivity index (χ4v) is 2.82. The molecule has 1 aromatic heterocycles. The van der Waals surface area contributed by atoms with Gasteiger partial charge in [0.25, 0.3) is 5.91 Å². The van der Waals surface area contributed by atoms with Gasteiger partial charge in [-0.2, -0.15) is 0 Å². The summed E-state index contributed by atoms with van der Waals surface area (Å²) >= 11 is 0. The van der Waals surface area contributed by atoms with Crippen LogP contribution in [0.2, 0.25) is 0 Å². The minimum absolute atomic E-state index is 0.180. The molecule has 29 heavy (non-hydrogen) atoms. The number of carbonyl (C=O) groups excluding carboxylic acids is 2. The van der Waals surface area contributed by atoms with Gasteiger partial charge in [-0.1, -0.05) is 6.07 Å². The van der Waals surface area contributed by atoms with Gasteiger partial charge in [0.05, 0.1) is 11.9 Å². The summed E-state index contributed by atoms with van der Waals surface area (Å²) in [5.74, 6) is 0.865. The van der Waals surface area contributed by atoms with Crippen LogP contribution in [-0.4, -0.2) is 23.6 Å². The highest BCUT2D eigenvalue weighted by atomic mass is 16.7. The predicted octanol–water partition coefficient (Wildman–Crippen LogP) is 3.76. The Labute approximate surface area is 166 Å². The van der Waals surface area contributed by atoms with Gasteiger partial charge in [0.15, 0.2) is 11.5 Å². The molecule has 1 aliphatic heterocycles. The number of amides is 2. The lowest BCUT2D eigenvalue weighted by Gasteiger charge is -2.09. The molecule has 8 heteroatoms. The Bertz CT molecular complexity index is 1070. The maximum absolute atomic E-state index is 12.4. The summed E-state index contributed by atoms with van der Waals surface area (Å²) in [6.45, 7) is 1.65. The maximum Gasteiger partial charge on any atom is 0.274 e. The molecule has 0 fully saturated rings. The first-order chi connectivity index (χ1) is 14.1. The van der Waals surface area contributed by atoms with Crippen LogP contribution in [0.25, 0.3) is 0 Å². The normalized spacial score (nSPS) is 11.6. The van der Waals surface area contributed by atoms with E-state index in [4.69, 9.17) is 9.47 Å². The SMILES string of the molecule is CC(=O)Nc1cccc(NC(=O)c2ccc(Nc3ccc4c(c3)OCO4)cn2)c1. The third kappa shape index (κ3) is 4.44. The zero-order valence-electron chi connectivity index (χ0n) is 15.6. The second-order valence-electron chi connectivity index (χ2n) is 6.34. The smallest absolute Gasteiger partial charge is 0.274 e. The molecule has 0 atom stereocenters. The minimum atomic E-state index is -0.348. The lowest BCUT2D eigenvalue weighted by molar-refractivity contribution is -0.114. The van der Waals surface area contributed by atoms with E-state index in [1.165, 1.54) is 6.92 Å². The molecular weight excluding hydrogens is 372 g/mol. The van der Waals surface area contributed by atoms with Crippen LogP contribution in [0.3, 0.4) is 0 Å². The number of pyridine rings is 1. The fraction of sp³-hybridized carbons (Fsp3) is 0.0952. The number of benzene rings is 2. The number of rotatable bonds is 5. The Balaban J connectivity index is 1.41. The Morgan fingerprint density at radius 1 is 0.862 bits per heavy atom. The van der Waals surface area contributed by atoms with Crippen LogP contribution in [0, 0.1) is 0 Å². The lowest BCUT2D eigenvalue weighted by Crippen LogP contribution is -2.14. The van der Waals surface area contributed by atoms with E-state index in [1.807, 2.05) is 18.2 Å². The predicted molar refractivity (Wildman–Crippen MR) is 109 cm³/mol. The van der Waals surface area contributed by atoms with Crippen molar-refractivity contribution in [2.24, 2.45) is 0 Å². The van der Waals surface area contributed by atoms with Crippen molar-refractivity contribution in [3.05, 3.63) is 66.5 Å². The van der Waals surface area contributed by atoms with E-state index in [2.05, 4.69) is 20.9 Å². The highest BCUT2D eigenvalue weighted by Crippen LogP contribution is 2.35. The molecule has 3 N–H and O–H groups in total. The van der Waals surface area contributed by atoms with E-state index in [-0.39, 0.29) is 24.3 Å². The van der Waals surface area contributed by atoms with Crippen molar-refractivity contribution < 1.29 is 19.1 Å². The molecule has 4 rings (SSSR count). The molecule has 8 nitrogen and oxygen atoms in total. The number of hydrogen-bond donors (Lipinski definition) is 3. The van der Waals surface area contributed by atoms with Gasteiger partial charge in [-0.25, -0.2) is 4.98 Å². The second kappa shape index (κ2) is 7.89. The van der Waals surface area contributed by atoms with Crippen LogP contribution in [-0.2, 0) is 4.79 Å². The topological polar surface area (TPSA) is 102 Å². The highest BCUT2D eigenvalue weighted by molar-refractivity contribution is 6.03. The van der Waals surface area contributed by atoms with Crippen LogP contribution in [0.15, 0.2) is 60.8 Å². The zero-order chi connectivity index (χ0) is 20.2. The summed E-state index contributed by atoms with van der Waals surface area (Å²) in [6, 6.07) is 15.8. The Morgan fingerprint density at radius 3 is 2.38 bits per heavy atom. The monoisotopic (exact) mass is 390 g/mol. The van der Waals surface area contributed by atoms with Gasteiger partial charge in [-0.05, 0) is 42.5 Å². The largest absolute Gasteiger partial charge is 0.454 e. The first-order valence-corrected chi connectivity index (χ1v) is 8.88. The van der Waals surface area contributed by atoms with Gasteiger partial charge >= 0.3 is 0 Å². The van der Waals surface area contributed by atoms with Crippen LogP contribution in [0.4, 0.5) is 22.7 Å². The summed E-state index contributed by atoms with van der Waals surface area (Å²) in [5.41, 5.74) is 2.99. The standard InChI is InChI=1S/C21H18N4O4/c1-13(26)23-14-3-2-4-15(9-14)25-21(27)18-7-5-17(11-22-18)24-16-6-8-19-20(10-16)29-12-28-19/h2-11,24H,12H2,1H3,(H,23,26)(H,25,27). The molecule has 0 saturated carbocycles. The fourth-order valence-electron chi connectivity index (χ4n) is 2.82. The number of fused-ring (bicyclic) bond motifs is 1. The zero-order valence-corrected chi connectivity index (χ0v) is 15.6. The molecule has 0 unspecified atom stereocenters. The van der Waals surface area contributed by atoms with Gasteiger partial charge in [0.2, 0.25) is 12.7 Å². The van der Waals surface area contributed by atoms with E-state index in [0.29, 0.717) is 22.9 Å². The number of aromatic nitrogens is 1. The number of carbonyl (C=O) groups is 2. The van der Waals surface area contributed by atoms with Gasteiger partial charge in [-0.15, -0.1) is 0 Å². The molecule has 146 valence electrons. The summed E-state index contributed by atoms with van der Waals surface area (Å²) in [7, 11) is 0. The third-order valence-electron chi connectivity index (χ3n) is 4.10. The van der Waals surface area contributed by atoms with E-state index in [9.17, 15) is 9.59 Å². The third-order valence-corrected chi connectivity index (χ3v) is 4.10. The van der Waals surface area contributed by atoms with Gasteiger partial charge in [-0.3, -0.25) is 9.59 Å². The molecule has 0 bridgehead atoms. The Kier molecular flexibility index (Phi) is 4.98. The van der Waals surface area contributed by atoms with Crippen LogP contribution in [0.5, 0.6) is 11.5 Å². The molecule has 0 saturated heterocycles. The minimum Gasteiger partial charge on any atom is -0.454 e. The van der Waals surface area contributed by atoms with E-state index in [0.717, 1.165) is 11.4 Å². The molecule has 1 aliphatic rings. The van der Waals surface area contributed by atoms with E-state index < -0.39 is 0 Å². The average molecular weight is 390 g/mol. The lowest BCUT2D eigenvalue weighted by atomic mass is 10.2. The number of nitrogens with zero attached hydrogens (tertiary/aromatic N) is 1. The number of anilines is 4. The summed E-state index contributed by atoms with van der Waals surface area (Å²) < 4.78 is 10.7. The molecule has 3 aromatic rings. The molecule has 0 radical (unpaired) electrons. The molecule has 0 aliphatic carbocycles.